The average Bonchev–Trinajstić information content (AvgIpc) is 2.49. The second-order valence-corrected chi connectivity index (χ2v) is 6.22. The Bertz CT molecular complexity index is 395. The minimum atomic E-state index is 0.522. The molecule has 0 fully saturated rings. The van der Waals surface area contributed by atoms with Gasteiger partial charge in [0.15, 0.2) is 0 Å². The number of hydrogen-bond acceptors (Lipinski definition) is 1. The van der Waals surface area contributed by atoms with Crippen LogP contribution in [0.15, 0.2) is 12.1 Å². The molecule has 0 unspecified atom stereocenters. The standard InChI is InChI=1S/C20H34O/c1-4-7-10-12-17-15-16-20(21)19(13-9-6-3)18(17)14-11-8-5-2/h15-16,21H,4-14H2,1-3H3. The Hall–Kier alpha value is -0.980. The smallest absolute Gasteiger partial charge is 0.119 e. The highest BCUT2D eigenvalue weighted by Gasteiger charge is 2.12. The lowest BCUT2D eigenvalue weighted by Gasteiger charge is -2.17. The van der Waals surface area contributed by atoms with E-state index in [-0.39, 0.29) is 0 Å². The molecule has 120 valence electrons. The predicted molar refractivity (Wildman–Crippen MR) is 93.2 cm³/mol. The van der Waals surface area contributed by atoms with Crippen LogP contribution in [0.1, 0.15) is 88.8 Å². The lowest BCUT2D eigenvalue weighted by atomic mass is 9.90. The molecular formula is C20H34O. The molecule has 0 aromatic heterocycles. The summed E-state index contributed by atoms with van der Waals surface area (Å²) >= 11 is 0. The van der Waals surface area contributed by atoms with E-state index < -0.39 is 0 Å². The Morgan fingerprint density at radius 3 is 1.86 bits per heavy atom. The SMILES string of the molecule is CCCCCc1ccc(O)c(CCCC)c1CCCCC. The third-order valence-electron chi connectivity index (χ3n) is 4.36. The highest BCUT2D eigenvalue weighted by molar-refractivity contribution is 5.45. The van der Waals surface area contributed by atoms with Gasteiger partial charge in [0.2, 0.25) is 0 Å². The second-order valence-electron chi connectivity index (χ2n) is 6.22. The maximum atomic E-state index is 10.3. The summed E-state index contributed by atoms with van der Waals surface area (Å²) in [5, 5.41) is 10.3. The van der Waals surface area contributed by atoms with E-state index >= 15 is 0 Å². The van der Waals surface area contributed by atoms with Crippen LogP contribution in [0.4, 0.5) is 0 Å². The fourth-order valence-corrected chi connectivity index (χ4v) is 3.02. The summed E-state index contributed by atoms with van der Waals surface area (Å²) < 4.78 is 0. The van der Waals surface area contributed by atoms with Crippen molar-refractivity contribution in [1.29, 1.82) is 0 Å². The Balaban J connectivity index is 2.92. The van der Waals surface area contributed by atoms with Crippen LogP contribution in [0.2, 0.25) is 0 Å². The van der Waals surface area contributed by atoms with Crippen LogP contribution in [0, 0.1) is 0 Å². The minimum absolute atomic E-state index is 0.522. The largest absolute Gasteiger partial charge is 0.508 e. The number of hydrogen-bond donors (Lipinski definition) is 1. The summed E-state index contributed by atoms with van der Waals surface area (Å²) in [6.45, 7) is 6.73. The second kappa shape index (κ2) is 10.7. The molecule has 21 heavy (non-hydrogen) atoms. The van der Waals surface area contributed by atoms with Gasteiger partial charge in [0.1, 0.15) is 5.75 Å². The highest BCUT2D eigenvalue weighted by Crippen LogP contribution is 2.29. The van der Waals surface area contributed by atoms with Crippen molar-refractivity contribution in [3.63, 3.8) is 0 Å². The number of aryl methyl sites for hydroxylation is 1. The van der Waals surface area contributed by atoms with E-state index in [1.165, 1.54) is 74.5 Å². The molecule has 0 spiro atoms. The summed E-state index contributed by atoms with van der Waals surface area (Å²) in [5.41, 5.74) is 4.19. The van der Waals surface area contributed by atoms with Gasteiger partial charge in [-0.3, -0.25) is 0 Å². The number of aromatic hydroxyl groups is 1. The monoisotopic (exact) mass is 290 g/mol. The van der Waals surface area contributed by atoms with Crippen LogP contribution < -0.4 is 0 Å². The maximum absolute atomic E-state index is 10.3. The van der Waals surface area contributed by atoms with Gasteiger partial charge in [0.25, 0.3) is 0 Å². The zero-order chi connectivity index (χ0) is 15.5. The van der Waals surface area contributed by atoms with Gasteiger partial charge in [-0.2, -0.15) is 0 Å². The van der Waals surface area contributed by atoms with Gasteiger partial charge in [0, 0.05) is 0 Å². The lowest BCUT2D eigenvalue weighted by Crippen LogP contribution is -2.02. The van der Waals surface area contributed by atoms with Gasteiger partial charge >= 0.3 is 0 Å². The first-order valence-corrected chi connectivity index (χ1v) is 9.07. The zero-order valence-corrected chi connectivity index (χ0v) is 14.4. The van der Waals surface area contributed by atoms with Gasteiger partial charge in [-0.05, 0) is 61.3 Å². The fraction of sp³-hybridized carbons (Fsp3) is 0.700. The van der Waals surface area contributed by atoms with Crippen LogP contribution in [-0.4, -0.2) is 5.11 Å². The van der Waals surface area contributed by atoms with Crippen molar-refractivity contribution in [1.82, 2.24) is 0 Å². The predicted octanol–water partition coefficient (Wildman–Crippen LogP) is 6.20. The number of phenols is 1. The normalized spacial score (nSPS) is 11.0. The number of phenolic OH excluding ortho intramolecular Hbond substituents is 1. The van der Waals surface area contributed by atoms with Crippen molar-refractivity contribution >= 4 is 0 Å². The van der Waals surface area contributed by atoms with Crippen molar-refractivity contribution in [3.05, 3.63) is 28.8 Å². The molecule has 0 saturated heterocycles. The van der Waals surface area contributed by atoms with Crippen molar-refractivity contribution in [2.24, 2.45) is 0 Å². The molecule has 1 heteroatoms. The first-order chi connectivity index (χ1) is 10.2. The van der Waals surface area contributed by atoms with Crippen LogP contribution in [-0.2, 0) is 19.3 Å². The van der Waals surface area contributed by atoms with Crippen LogP contribution >= 0.6 is 0 Å². The summed E-state index contributed by atoms with van der Waals surface area (Å²) in [6, 6.07) is 4.09. The topological polar surface area (TPSA) is 20.2 Å². The highest BCUT2D eigenvalue weighted by atomic mass is 16.3. The lowest BCUT2D eigenvalue weighted by molar-refractivity contribution is 0.464. The van der Waals surface area contributed by atoms with Gasteiger partial charge in [-0.15, -0.1) is 0 Å². The van der Waals surface area contributed by atoms with Gasteiger partial charge in [-0.1, -0.05) is 58.9 Å². The van der Waals surface area contributed by atoms with Gasteiger partial charge in [0.05, 0.1) is 0 Å². The van der Waals surface area contributed by atoms with Crippen molar-refractivity contribution < 1.29 is 5.11 Å². The molecule has 1 nitrogen and oxygen atoms in total. The summed E-state index contributed by atoms with van der Waals surface area (Å²) in [5.74, 6) is 0.522. The number of unbranched alkanes of at least 4 members (excludes halogenated alkanes) is 5. The summed E-state index contributed by atoms with van der Waals surface area (Å²) in [7, 11) is 0. The first kappa shape index (κ1) is 18.1. The van der Waals surface area contributed by atoms with Crippen LogP contribution in [0.5, 0.6) is 5.75 Å². The molecule has 0 atom stereocenters. The maximum Gasteiger partial charge on any atom is 0.119 e. The van der Waals surface area contributed by atoms with Gasteiger partial charge in [-0.25, -0.2) is 0 Å². The Kier molecular flexibility index (Phi) is 9.21. The van der Waals surface area contributed by atoms with E-state index in [0.29, 0.717) is 5.75 Å². The third-order valence-corrected chi connectivity index (χ3v) is 4.36. The molecule has 0 saturated carbocycles. The summed E-state index contributed by atoms with van der Waals surface area (Å²) in [4.78, 5) is 0. The van der Waals surface area contributed by atoms with Crippen LogP contribution in [0.25, 0.3) is 0 Å². The van der Waals surface area contributed by atoms with E-state index in [1.54, 1.807) is 0 Å². The van der Waals surface area contributed by atoms with Crippen molar-refractivity contribution in [3.8, 4) is 5.75 Å². The zero-order valence-electron chi connectivity index (χ0n) is 14.4. The van der Waals surface area contributed by atoms with Crippen molar-refractivity contribution in [2.45, 2.75) is 91.4 Å². The first-order valence-electron chi connectivity index (χ1n) is 9.07. The molecule has 0 aliphatic heterocycles. The molecule has 0 bridgehead atoms. The fourth-order valence-electron chi connectivity index (χ4n) is 3.02. The molecule has 0 amide bonds. The molecule has 0 radical (unpaired) electrons. The van der Waals surface area contributed by atoms with E-state index in [4.69, 9.17) is 0 Å². The molecular weight excluding hydrogens is 256 g/mol. The van der Waals surface area contributed by atoms with Crippen LogP contribution in [0.3, 0.4) is 0 Å². The molecule has 0 aliphatic rings. The Morgan fingerprint density at radius 1 is 0.667 bits per heavy atom. The Morgan fingerprint density at radius 2 is 1.24 bits per heavy atom. The molecule has 0 aliphatic carbocycles. The van der Waals surface area contributed by atoms with Crippen molar-refractivity contribution in [2.75, 3.05) is 0 Å². The number of rotatable bonds is 11. The molecule has 1 aromatic rings. The average molecular weight is 290 g/mol. The molecule has 0 heterocycles. The quantitative estimate of drug-likeness (QED) is 0.481. The molecule has 1 aromatic carbocycles. The summed E-state index contributed by atoms with van der Waals surface area (Å²) in [6.07, 6.45) is 13.4. The third kappa shape index (κ3) is 6.11. The van der Waals surface area contributed by atoms with Gasteiger partial charge < -0.3 is 5.11 Å². The minimum Gasteiger partial charge on any atom is -0.508 e. The Labute approximate surface area is 131 Å². The van der Waals surface area contributed by atoms with E-state index in [9.17, 15) is 5.11 Å². The van der Waals surface area contributed by atoms with E-state index in [2.05, 4.69) is 26.8 Å². The molecule has 1 rings (SSSR count). The van der Waals surface area contributed by atoms with E-state index in [1.807, 2.05) is 6.07 Å². The number of benzene rings is 1. The molecule has 1 N–H and O–H groups in total. The van der Waals surface area contributed by atoms with E-state index in [0.717, 1.165) is 12.8 Å².